The summed E-state index contributed by atoms with van der Waals surface area (Å²) in [5.74, 6) is 0.132. The Hall–Kier alpha value is -2.57. The smallest absolute Gasteiger partial charge is 0.255 e. The number of halogens is 1. The minimum Gasteiger partial charge on any atom is -0.377 e. The van der Waals surface area contributed by atoms with E-state index in [2.05, 4.69) is 5.32 Å². The Morgan fingerprint density at radius 2 is 1.94 bits per heavy atom. The predicted molar refractivity (Wildman–Crippen MR) is 134 cm³/mol. The number of rotatable bonds is 9. The average Bonchev–Trinajstić information content (AvgIpc) is 3.25. The molecule has 0 aliphatic carbocycles. The minimum atomic E-state index is -0.130. The molecule has 1 saturated heterocycles. The van der Waals surface area contributed by atoms with Crippen molar-refractivity contribution in [3.05, 3.63) is 58.6 Å². The van der Waals surface area contributed by atoms with Crippen molar-refractivity contribution in [2.24, 2.45) is 5.92 Å². The number of anilines is 2. The second-order valence-electron chi connectivity index (χ2n) is 9.18. The van der Waals surface area contributed by atoms with Gasteiger partial charge in [0.25, 0.3) is 5.91 Å². The fourth-order valence-corrected chi connectivity index (χ4v) is 4.29. The molecule has 2 amide bonds. The number of nitrogens with one attached hydrogen (secondary N) is 1. The van der Waals surface area contributed by atoms with Crippen LogP contribution in [-0.2, 0) is 16.1 Å². The van der Waals surface area contributed by atoms with Crippen molar-refractivity contribution >= 4 is 34.8 Å². The molecule has 2 aromatic carbocycles. The van der Waals surface area contributed by atoms with Crippen molar-refractivity contribution in [1.29, 1.82) is 0 Å². The highest BCUT2D eigenvalue weighted by atomic mass is 35.5. The van der Waals surface area contributed by atoms with Crippen molar-refractivity contribution in [2.75, 3.05) is 37.5 Å². The Balaban J connectivity index is 1.90. The normalized spacial score (nSPS) is 15.5. The molecule has 178 valence electrons. The molecule has 0 aromatic heterocycles. The van der Waals surface area contributed by atoms with E-state index in [0.29, 0.717) is 30.1 Å². The molecule has 0 saturated carbocycles. The Kier molecular flexibility index (Phi) is 8.75. The molecule has 0 bridgehead atoms. The number of carbonyl (C=O) groups excluding carboxylic acids is 2. The van der Waals surface area contributed by atoms with Gasteiger partial charge in [0.05, 0.1) is 16.7 Å². The fourth-order valence-electron chi connectivity index (χ4n) is 4.07. The third-order valence-electron chi connectivity index (χ3n) is 5.64. The van der Waals surface area contributed by atoms with E-state index in [4.69, 9.17) is 16.3 Å². The van der Waals surface area contributed by atoms with Gasteiger partial charge >= 0.3 is 0 Å². The summed E-state index contributed by atoms with van der Waals surface area (Å²) in [6, 6.07) is 13.0. The SMILES string of the molecule is CC(C)CC(=O)Nc1ccc(N(C)C)c(CN(C[C@H]2CCCO2)C(=O)c2ccccc2Cl)c1. The molecule has 33 heavy (non-hydrogen) atoms. The van der Waals surface area contributed by atoms with Crippen LogP contribution in [-0.4, -0.2) is 50.1 Å². The lowest BCUT2D eigenvalue weighted by Gasteiger charge is -2.28. The fraction of sp³-hybridized carbons (Fsp3) is 0.462. The molecular weight excluding hydrogens is 438 g/mol. The van der Waals surface area contributed by atoms with Crippen LogP contribution in [0.25, 0.3) is 0 Å². The molecule has 1 heterocycles. The van der Waals surface area contributed by atoms with E-state index in [9.17, 15) is 9.59 Å². The number of amides is 2. The first-order chi connectivity index (χ1) is 15.7. The quantitative estimate of drug-likeness (QED) is 0.545. The lowest BCUT2D eigenvalue weighted by Crippen LogP contribution is -2.37. The molecule has 1 atom stereocenters. The number of ether oxygens (including phenoxy) is 1. The maximum atomic E-state index is 13.5. The van der Waals surface area contributed by atoms with Crippen LogP contribution in [0.2, 0.25) is 5.02 Å². The first-order valence-electron chi connectivity index (χ1n) is 11.5. The third-order valence-corrected chi connectivity index (χ3v) is 5.97. The van der Waals surface area contributed by atoms with Gasteiger partial charge in [0.15, 0.2) is 0 Å². The van der Waals surface area contributed by atoms with Gasteiger partial charge in [0.1, 0.15) is 0 Å². The maximum Gasteiger partial charge on any atom is 0.255 e. The van der Waals surface area contributed by atoms with Gasteiger partial charge in [-0.3, -0.25) is 9.59 Å². The molecular formula is C26H34ClN3O3. The highest BCUT2D eigenvalue weighted by molar-refractivity contribution is 6.33. The lowest BCUT2D eigenvalue weighted by molar-refractivity contribution is -0.116. The molecule has 3 rings (SSSR count). The molecule has 0 spiro atoms. The van der Waals surface area contributed by atoms with Crippen LogP contribution in [0.3, 0.4) is 0 Å². The molecule has 6 nitrogen and oxygen atoms in total. The molecule has 2 aromatic rings. The molecule has 1 fully saturated rings. The van der Waals surface area contributed by atoms with Crippen LogP contribution in [0.1, 0.15) is 49.0 Å². The molecule has 0 unspecified atom stereocenters. The minimum absolute atomic E-state index is 0.00757. The van der Waals surface area contributed by atoms with Gasteiger partial charge in [-0.05, 0) is 54.7 Å². The highest BCUT2D eigenvalue weighted by Crippen LogP contribution is 2.27. The molecule has 0 radical (unpaired) electrons. The summed E-state index contributed by atoms with van der Waals surface area (Å²) in [7, 11) is 3.94. The van der Waals surface area contributed by atoms with Gasteiger partial charge in [-0.2, -0.15) is 0 Å². The Bertz CT molecular complexity index is 971. The monoisotopic (exact) mass is 471 g/mol. The van der Waals surface area contributed by atoms with Gasteiger partial charge in [0, 0.05) is 51.6 Å². The summed E-state index contributed by atoms with van der Waals surface area (Å²) in [4.78, 5) is 29.7. The van der Waals surface area contributed by atoms with E-state index in [1.807, 2.05) is 63.2 Å². The van der Waals surface area contributed by atoms with Gasteiger partial charge in [-0.1, -0.05) is 37.6 Å². The van der Waals surface area contributed by atoms with Crippen LogP contribution in [0.15, 0.2) is 42.5 Å². The number of benzene rings is 2. The largest absolute Gasteiger partial charge is 0.377 e. The standard InChI is InChI=1S/C26H34ClN3O3/c1-18(2)14-25(31)28-20-11-12-24(29(3)4)19(15-20)16-30(17-21-8-7-13-33-21)26(32)22-9-5-6-10-23(22)27/h5-6,9-12,15,18,21H,7-8,13-14,16-17H2,1-4H3,(H,28,31)/t21-/m1/s1. The molecule has 1 N–H and O–H groups in total. The topological polar surface area (TPSA) is 61.9 Å². The van der Waals surface area contributed by atoms with Crippen LogP contribution >= 0.6 is 11.6 Å². The first kappa shape index (κ1) is 25.1. The van der Waals surface area contributed by atoms with Gasteiger partial charge in [-0.25, -0.2) is 0 Å². The zero-order valence-electron chi connectivity index (χ0n) is 19.9. The summed E-state index contributed by atoms with van der Waals surface area (Å²) >= 11 is 6.35. The lowest BCUT2D eigenvalue weighted by atomic mass is 10.1. The average molecular weight is 472 g/mol. The van der Waals surface area contributed by atoms with Crippen LogP contribution in [0.5, 0.6) is 0 Å². The van der Waals surface area contributed by atoms with Crippen molar-refractivity contribution in [1.82, 2.24) is 4.90 Å². The Morgan fingerprint density at radius 3 is 2.58 bits per heavy atom. The first-order valence-corrected chi connectivity index (χ1v) is 11.9. The summed E-state index contributed by atoms with van der Waals surface area (Å²) < 4.78 is 5.83. The van der Waals surface area contributed by atoms with Gasteiger partial charge in [0.2, 0.25) is 5.91 Å². The molecule has 7 heteroatoms. The van der Waals surface area contributed by atoms with Crippen LogP contribution in [0, 0.1) is 5.92 Å². The van der Waals surface area contributed by atoms with Crippen molar-refractivity contribution in [2.45, 2.75) is 45.8 Å². The molecule has 1 aliphatic rings. The van der Waals surface area contributed by atoms with Crippen molar-refractivity contribution < 1.29 is 14.3 Å². The Labute approximate surface area is 201 Å². The molecule has 1 aliphatic heterocycles. The zero-order chi connectivity index (χ0) is 24.0. The van der Waals surface area contributed by atoms with Gasteiger partial charge < -0.3 is 19.9 Å². The van der Waals surface area contributed by atoms with Crippen LogP contribution in [0.4, 0.5) is 11.4 Å². The van der Waals surface area contributed by atoms with E-state index in [1.54, 1.807) is 17.0 Å². The summed E-state index contributed by atoms with van der Waals surface area (Å²) in [6.45, 7) is 5.62. The second kappa shape index (κ2) is 11.5. The summed E-state index contributed by atoms with van der Waals surface area (Å²) in [5, 5.41) is 3.42. The van der Waals surface area contributed by atoms with Crippen molar-refractivity contribution in [3.8, 4) is 0 Å². The number of carbonyl (C=O) groups is 2. The van der Waals surface area contributed by atoms with E-state index in [1.165, 1.54) is 0 Å². The van der Waals surface area contributed by atoms with E-state index in [0.717, 1.165) is 36.4 Å². The van der Waals surface area contributed by atoms with Crippen molar-refractivity contribution in [3.63, 3.8) is 0 Å². The summed E-state index contributed by atoms with van der Waals surface area (Å²) in [6.07, 6.45) is 2.39. The predicted octanol–water partition coefficient (Wildman–Crippen LogP) is 5.21. The van der Waals surface area contributed by atoms with E-state index >= 15 is 0 Å². The maximum absolute atomic E-state index is 13.5. The number of hydrogen-bond acceptors (Lipinski definition) is 4. The zero-order valence-corrected chi connectivity index (χ0v) is 20.7. The number of hydrogen-bond donors (Lipinski definition) is 1. The third kappa shape index (κ3) is 6.95. The van der Waals surface area contributed by atoms with Crippen LogP contribution < -0.4 is 10.2 Å². The number of nitrogens with zero attached hydrogens (tertiary/aromatic N) is 2. The highest BCUT2D eigenvalue weighted by Gasteiger charge is 2.26. The summed E-state index contributed by atoms with van der Waals surface area (Å²) in [5.41, 5.74) is 3.13. The van der Waals surface area contributed by atoms with Gasteiger partial charge in [-0.15, -0.1) is 0 Å². The van der Waals surface area contributed by atoms with E-state index in [-0.39, 0.29) is 23.8 Å². The Morgan fingerprint density at radius 1 is 1.18 bits per heavy atom. The van der Waals surface area contributed by atoms with E-state index < -0.39 is 0 Å². The second-order valence-corrected chi connectivity index (χ2v) is 9.59.